The molecule has 9 rings (SSSR count). The number of amides is 2. The van der Waals surface area contributed by atoms with E-state index in [1.54, 1.807) is 6.08 Å². The fourth-order valence-electron chi connectivity index (χ4n) is 17.1. The van der Waals surface area contributed by atoms with Gasteiger partial charge in [0.15, 0.2) is 37.2 Å². The molecule has 508 valence electrons. The zero-order valence-electron chi connectivity index (χ0n) is 52.7. The summed E-state index contributed by atoms with van der Waals surface area (Å²) in [5, 5.41) is 137. The van der Waals surface area contributed by atoms with Crippen LogP contribution in [0.1, 0.15) is 121 Å². The minimum atomic E-state index is -1.93. The first kappa shape index (κ1) is 70.5. The number of rotatable bonds is 19. The lowest BCUT2D eigenvalue weighted by atomic mass is 9.41. The van der Waals surface area contributed by atoms with E-state index in [0.29, 0.717) is 24.7 Å². The molecule has 8 fully saturated rings. The summed E-state index contributed by atoms with van der Waals surface area (Å²) in [7, 11) is 0. The van der Waals surface area contributed by atoms with Gasteiger partial charge in [-0.05, 0) is 110 Å². The smallest absolute Gasteiger partial charge is 0.217 e. The molecule has 27 heteroatoms. The Morgan fingerprint density at radius 1 is 0.607 bits per heavy atom. The maximum atomic E-state index is 13.1. The van der Waals surface area contributed by atoms with Gasteiger partial charge in [0.1, 0.15) is 110 Å². The second kappa shape index (κ2) is 27.9. The molecule has 0 aromatic heterocycles. The Bertz CT molecular complexity index is 2520. The maximum absolute atomic E-state index is 13.1. The lowest BCUT2D eigenvalue weighted by molar-refractivity contribution is -0.375. The zero-order valence-corrected chi connectivity index (χ0v) is 52.7. The van der Waals surface area contributed by atoms with Gasteiger partial charge in [-0.1, -0.05) is 58.8 Å². The number of carbonyl (C=O) groups is 3. The molecule has 14 N–H and O–H groups in total. The van der Waals surface area contributed by atoms with E-state index in [-0.39, 0.29) is 33.9 Å². The average molecular weight is 1270 g/mol. The molecule has 5 saturated heterocycles. The van der Waals surface area contributed by atoms with Gasteiger partial charge in [0.25, 0.3) is 0 Å². The second-order valence-corrected chi connectivity index (χ2v) is 28.3. The van der Waals surface area contributed by atoms with Crippen molar-refractivity contribution in [3.8, 4) is 0 Å². The molecule has 0 aromatic rings. The van der Waals surface area contributed by atoms with Crippen LogP contribution in [0, 0.1) is 45.3 Å². The first-order chi connectivity index (χ1) is 41.8. The first-order valence-corrected chi connectivity index (χ1v) is 31.7. The van der Waals surface area contributed by atoms with E-state index in [0.717, 1.165) is 57.9 Å². The summed E-state index contributed by atoms with van der Waals surface area (Å²) < 4.78 is 61.8. The van der Waals surface area contributed by atoms with Crippen molar-refractivity contribution < 1.29 is 123 Å². The zero-order chi connectivity index (χ0) is 65.1. The van der Waals surface area contributed by atoms with Gasteiger partial charge in [0, 0.05) is 20.3 Å². The van der Waals surface area contributed by atoms with Gasteiger partial charge in [0.2, 0.25) is 11.8 Å². The summed E-state index contributed by atoms with van der Waals surface area (Å²) in [6, 6.07) is -3.01. The van der Waals surface area contributed by atoms with Crippen molar-refractivity contribution in [1.82, 2.24) is 10.6 Å². The molecule has 5 heterocycles. The van der Waals surface area contributed by atoms with E-state index in [1.807, 2.05) is 13.8 Å². The van der Waals surface area contributed by atoms with Crippen molar-refractivity contribution in [2.24, 2.45) is 45.3 Å². The molecular formula is C62H100N2O25. The Morgan fingerprint density at radius 3 is 1.79 bits per heavy atom. The number of hydrogen-bond acceptors (Lipinski definition) is 25. The number of allylic oxidation sites excluding steroid dienone is 4. The van der Waals surface area contributed by atoms with E-state index in [9.17, 15) is 75.7 Å². The Morgan fingerprint density at radius 2 is 1.17 bits per heavy atom. The molecule has 9 aliphatic rings. The molecule has 0 spiro atoms. The van der Waals surface area contributed by atoms with Crippen molar-refractivity contribution in [3.63, 3.8) is 0 Å². The van der Waals surface area contributed by atoms with Gasteiger partial charge in [-0.3, -0.25) is 14.4 Å². The molecule has 0 radical (unpaired) electrons. The van der Waals surface area contributed by atoms with Crippen LogP contribution in [0.15, 0.2) is 23.3 Å². The molecule has 26 unspecified atom stereocenters. The summed E-state index contributed by atoms with van der Waals surface area (Å²) in [6.07, 6.45) is -25.1. The van der Waals surface area contributed by atoms with Gasteiger partial charge < -0.3 is 119 Å². The van der Waals surface area contributed by atoms with Crippen LogP contribution in [0.25, 0.3) is 0 Å². The summed E-state index contributed by atoms with van der Waals surface area (Å²) in [5.74, 6) is -0.117. The van der Waals surface area contributed by atoms with Crippen molar-refractivity contribution in [3.05, 3.63) is 23.3 Å². The number of hydrogen-bond donors (Lipinski definition) is 14. The van der Waals surface area contributed by atoms with Gasteiger partial charge >= 0.3 is 0 Å². The predicted molar refractivity (Wildman–Crippen MR) is 308 cm³/mol. The largest absolute Gasteiger partial charge is 0.394 e. The van der Waals surface area contributed by atoms with Crippen LogP contribution >= 0.6 is 0 Å². The minimum absolute atomic E-state index is 0.00561. The highest BCUT2D eigenvalue weighted by atomic mass is 16.8. The molecule has 31 atom stereocenters. The third kappa shape index (κ3) is 13.6. The topological polar surface area (TPSA) is 410 Å². The molecule has 2 amide bonds. The van der Waals surface area contributed by atoms with Crippen LogP contribution in [-0.2, 0) is 61.8 Å². The Kier molecular flexibility index (Phi) is 22.1. The molecule has 0 aromatic carbocycles. The van der Waals surface area contributed by atoms with Crippen LogP contribution in [0.2, 0.25) is 0 Å². The van der Waals surface area contributed by atoms with Crippen LogP contribution in [0.4, 0.5) is 0 Å². The number of carbonyl (C=O) groups excluding carboxylic acids is 3. The van der Waals surface area contributed by atoms with Gasteiger partial charge in [-0.15, -0.1) is 0 Å². The van der Waals surface area contributed by atoms with Gasteiger partial charge in [-0.25, -0.2) is 0 Å². The Labute approximate surface area is 519 Å². The maximum Gasteiger partial charge on any atom is 0.217 e. The van der Waals surface area contributed by atoms with Crippen LogP contribution in [-0.4, -0.2) is 259 Å². The normalized spacial score (nSPS) is 48.4. The Balaban J connectivity index is 0.979. The number of ether oxygens (including phenoxy) is 10. The summed E-state index contributed by atoms with van der Waals surface area (Å²) in [4.78, 5) is 38.5. The number of aliphatic hydroxyl groups excluding tert-OH is 12. The summed E-state index contributed by atoms with van der Waals surface area (Å²) in [6.45, 7) is 16.9. The van der Waals surface area contributed by atoms with Gasteiger partial charge in [-0.2, -0.15) is 0 Å². The fourth-order valence-corrected chi connectivity index (χ4v) is 17.1. The average Bonchev–Trinajstić information content (AvgIpc) is 1.75. The molecule has 89 heavy (non-hydrogen) atoms. The van der Waals surface area contributed by atoms with Crippen molar-refractivity contribution in [2.75, 3.05) is 33.0 Å². The highest BCUT2D eigenvalue weighted by Crippen LogP contribution is 2.73. The molecular weight excluding hydrogens is 1170 g/mol. The quantitative estimate of drug-likeness (QED) is 0.0385. The van der Waals surface area contributed by atoms with Gasteiger partial charge in [0.05, 0.1) is 39.1 Å². The summed E-state index contributed by atoms with van der Waals surface area (Å²) in [5.41, 5.74) is 1.70. The van der Waals surface area contributed by atoms with Crippen molar-refractivity contribution in [2.45, 2.75) is 268 Å². The fraction of sp³-hybridized carbons (Fsp3) is 0.887. The van der Waals surface area contributed by atoms with E-state index < -0.39 is 198 Å². The first-order valence-electron chi connectivity index (χ1n) is 31.7. The minimum Gasteiger partial charge on any atom is -0.394 e. The van der Waals surface area contributed by atoms with E-state index in [4.69, 9.17) is 47.4 Å². The molecule has 3 saturated carbocycles. The highest BCUT2D eigenvalue weighted by Gasteiger charge is 2.66. The van der Waals surface area contributed by atoms with E-state index >= 15 is 0 Å². The number of fused-ring (bicyclic) bond motifs is 5. The molecule has 5 aliphatic heterocycles. The molecule has 4 aliphatic carbocycles. The monoisotopic (exact) mass is 1270 g/mol. The lowest BCUT2D eigenvalue weighted by Crippen LogP contribution is -2.68. The highest BCUT2D eigenvalue weighted by molar-refractivity contribution is 5.90. The third-order valence-corrected chi connectivity index (χ3v) is 22.1. The lowest BCUT2D eigenvalue weighted by Gasteiger charge is -2.64. The molecule has 0 bridgehead atoms. The third-order valence-electron chi connectivity index (χ3n) is 22.1. The van der Waals surface area contributed by atoms with Crippen LogP contribution in [0.3, 0.4) is 0 Å². The number of ketones is 1. The SMILES string of the molecule is CC(=O)NC1C(OC2COC(O[C@H]3CC[C@]4(C)C5=CC[C@]6(C)C([C@H](C)CC(=O)C=C(C)C)CC[C@@]6(C)C5CCC4C3(C)C)C(OC3OC(COC4OCC(O)C(O)C4OC4OC(CO)C(O)C(O)C4O)C(O)C(O)C3NC(C)=O)C2O)OC(CO)C(O)C1O. The number of nitrogens with one attached hydrogen (secondary N) is 2. The van der Waals surface area contributed by atoms with Crippen LogP contribution < -0.4 is 10.6 Å². The standard InChI is InChI=1S/C62H100N2O25/c1-26(2)19-30(69)20-27(3)31-13-17-62(10)33-11-12-39-59(6,7)40(15-16-60(39,8)32(33)14-18-61(31,62)9)87-58-53(47(75)38(25-82-58)86-54-41(63-28(4)67)48(76)44(72)35(21-65)83-54)88-55-42(64-29(5)68)49(77)46(74)37(85-55)24-81-57-52(43(71)34(70)23-80-57)89-56-51(79)50(78)45(73)36(22-66)84-56/h14,19,27,31,33-58,65-66,70-79H,11-13,15-18,20-25H2,1-10H3,(H,63,67)(H,64,68)/t27-,31?,33?,34?,35?,36?,37?,38?,39?,40+,41?,42?,43?,44?,45?,46?,47?,48?,49?,50?,51?,52?,53?,54?,55?,56?,57?,58?,60-,61-,62+/m1/s1. The van der Waals surface area contributed by atoms with Crippen LogP contribution in [0.5, 0.6) is 0 Å². The summed E-state index contributed by atoms with van der Waals surface area (Å²) >= 11 is 0. The number of aliphatic hydroxyl groups is 12. The Hall–Kier alpha value is -2.79. The second-order valence-electron chi connectivity index (χ2n) is 28.3. The van der Waals surface area contributed by atoms with Crippen molar-refractivity contribution >= 4 is 17.6 Å². The van der Waals surface area contributed by atoms with E-state index in [2.05, 4.69) is 58.3 Å². The predicted octanol–water partition coefficient (Wildman–Crippen LogP) is -1.80. The van der Waals surface area contributed by atoms with Crippen molar-refractivity contribution in [1.29, 1.82) is 0 Å². The van der Waals surface area contributed by atoms with E-state index in [1.165, 1.54) is 5.57 Å². The molecule has 27 nitrogen and oxygen atoms in total.